The van der Waals surface area contributed by atoms with Crippen LogP contribution in [0.3, 0.4) is 0 Å². The maximum absolute atomic E-state index is 10.9. The van der Waals surface area contributed by atoms with Crippen molar-refractivity contribution in [1.82, 2.24) is 14.1 Å². The molecule has 13 aromatic carbocycles. The van der Waals surface area contributed by atoms with E-state index in [1.54, 1.807) is 18.3 Å². The lowest BCUT2D eigenvalue weighted by molar-refractivity contribution is -0.570. The van der Waals surface area contributed by atoms with Crippen LogP contribution < -0.4 is 50.8 Å². The van der Waals surface area contributed by atoms with E-state index in [9.17, 15) is 43.9 Å². The van der Waals surface area contributed by atoms with Crippen molar-refractivity contribution < 1.29 is 62.8 Å². The molecule has 0 aliphatic heterocycles. The first-order chi connectivity index (χ1) is 62.9. The summed E-state index contributed by atoms with van der Waals surface area (Å²) in [5.41, 5.74) is -2.03. The van der Waals surface area contributed by atoms with Gasteiger partial charge in [0.2, 0.25) is 0 Å². The topological polar surface area (TPSA) is 35.9 Å². The number of rotatable bonds is 15. The molecule has 0 saturated heterocycles. The summed E-state index contributed by atoms with van der Waals surface area (Å²) in [6.45, 7) is 6.16. The van der Waals surface area contributed by atoms with E-state index in [0.29, 0.717) is 11.3 Å². The van der Waals surface area contributed by atoms with Gasteiger partial charge in [-0.25, -0.2) is 4.98 Å². The van der Waals surface area contributed by atoms with E-state index in [-0.39, 0.29) is 33.6 Å². The van der Waals surface area contributed by atoms with Crippen LogP contribution in [0.1, 0.15) is 79.8 Å². The highest BCUT2D eigenvalue weighted by Gasteiger charge is 2.45. The van der Waals surface area contributed by atoms with Crippen molar-refractivity contribution in [3.63, 3.8) is 0 Å². The maximum Gasteiger partial charge on any atom is 0.269 e. The van der Waals surface area contributed by atoms with Crippen molar-refractivity contribution in [1.29, 1.82) is 0 Å². The molecule has 0 bridgehead atoms. The Morgan fingerprint density at radius 3 is 1.55 bits per heavy atom. The van der Waals surface area contributed by atoms with Gasteiger partial charge in [0.25, 0.3) is 6.33 Å². The number of fused-ring (bicyclic) bond motifs is 4. The van der Waals surface area contributed by atoms with Crippen molar-refractivity contribution in [2.45, 2.75) is 26.2 Å². The quantitative estimate of drug-likeness (QED) is 0.0444. The summed E-state index contributed by atoms with van der Waals surface area (Å²) in [4.78, 5) is 4.83. The molecule has 454 valence electrons. The van der Waals surface area contributed by atoms with Gasteiger partial charge in [0, 0.05) is 23.0 Å². The van der Waals surface area contributed by atoms with Gasteiger partial charge in [0.1, 0.15) is 17.3 Å². The van der Waals surface area contributed by atoms with Gasteiger partial charge in [0.15, 0.2) is 16.1 Å². The molecule has 0 N–H and O–H groups in total. The zero-order valence-corrected chi connectivity index (χ0v) is 52.2. The Balaban J connectivity index is 1.12. The largest absolute Gasteiger partial charge is 0.458 e. The van der Waals surface area contributed by atoms with E-state index in [1.165, 1.54) is 41.0 Å². The Bertz CT molecular complexity index is 7390. The normalized spacial score (nSPS) is 17.7. The Morgan fingerprint density at radius 2 is 0.947 bits per heavy atom. The smallest absolute Gasteiger partial charge is 0.269 e. The minimum atomic E-state index is -6.56. The zero-order chi connectivity index (χ0) is 97.9. The predicted molar refractivity (Wildman–Crippen MR) is 399 cm³/mol. The lowest BCUT2D eigenvalue weighted by Crippen LogP contribution is -2.76. The highest BCUT2D eigenvalue weighted by atomic mass is 28.3. The van der Waals surface area contributed by atoms with E-state index in [4.69, 9.17) is 19.3 Å². The molecule has 0 aliphatic rings. The number of para-hydroxylation sites is 2. The third-order valence-corrected chi connectivity index (χ3v) is 24.6. The zero-order valence-electron chi connectivity index (χ0n) is 89.2. The molecule has 16 aromatic rings. The monoisotopic (exact) mass is 1290 g/mol. The number of ether oxygens (including phenoxy) is 1. The van der Waals surface area contributed by atoms with E-state index in [2.05, 4.69) is 27.1 Å². The van der Waals surface area contributed by atoms with Crippen LogP contribution in [0.15, 0.2) is 357 Å². The van der Waals surface area contributed by atoms with Crippen LogP contribution in [0.25, 0.3) is 72.3 Å². The van der Waals surface area contributed by atoms with Gasteiger partial charge in [-0.1, -0.05) is 311 Å². The first kappa shape index (κ1) is 30.1. The van der Waals surface area contributed by atoms with Crippen molar-refractivity contribution in [2.24, 2.45) is 0 Å². The van der Waals surface area contributed by atoms with Gasteiger partial charge in [-0.05, 0) is 129 Å². The molecule has 0 fully saturated rings. The summed E-state index contributed by atoms with van der Waals surface area (Å²) < 4.78 is 386. The molecule has 0 radical (unpaired) electrons. The predicted octanol–water partition coefficient (Wildman–Crippen LogP) is 15.4. The molecular formula is C88H68N4OSi2. The van der Waals surface area contributed by atoms with Crippen LogP contribution in [-0.2, 0) is 5.41 Å². The second-order valence-corrected chi connectivity index (χ2v) is 29.7. The van der Waals surface area contributed by atoms with Crippen LogP contribution in [0.5, 0.6) is 11.5 Å². The van der Waals surface area contributed by atoms with E-state index in [0.717, 1.165) is 50.7 Å². The second kappa shape index (κ2) is 24.5. The summed E-state index contributed by atoms with van der Waals surface area (Å²) in [6.07, 6.45) is 4.95. The fraction of sp³-hybridized carbons (Fsp3) is 0.0455. The standard InChI is InChI=1S/C88H68N4OSi2/c1-88(2,3)67-56-57-89-86(60-67)92-81-50-26-25-48-79(81)80-54-53-70(62-83(80)92)93-69-34-28-33-68(61-69)90-63-91(87-78(64-30-11-4-12-31-64)49-29-51-85(87)95(74-41-19-8-20-42-74,75-43-21-9-22-44-75)76-45-23-10-24-46-76)82-55-52-66(59-84(82)90)65-32-27-47-77(58-65)94(71-35-13-5-14-36-71,72-37-15-6-16-38-72)73-39-17-7-18-40-73/h4-62H,1-3H3/i4D,5D,6D,7D,8D,9D,10D,11D,12D,13D,14D,15D,16D,17D,18D,19D,20D,21D,22D,23D,24D,27D,30D,31D,32D,35D,36D,37D,38D,39D,40D,41D,42D,43D,44D,45D,46D,47D,58D. The number of benzene rings is 13. The molecule has 16 rings (SSSR count). The van der Waals surface area contributed by atoms with Gasteiger partial charge in [-0.15, -0.1) is 0 Å². The number of pyridine rings is 1. The Morgan fingerprint density at radius 1 is 0.421 bits per heavy atom. The fourth-order valence-corrected chi connectivity index (χ4v) is 19.8. The van der Waals surface area contributed by atoms with E-state index >= 15 is 0 Å². The molecular weight excluding hydrogens is 1190 g/mol. The average Bonchev–Trinajstić information content (AvgIpc) is 0.693. The van der Waals surface area contributed by atoms with Gasteiger partial charge in [0.05, 0.1) is 86.9 Å². The lowest BCUT2D eigenvalue weighted by Gasteiger charge is -2.36. The molecule has 3 aromatic heterocycles. The number of nitrogens with zero attached hydrogens (tertiary/aromatic N) is 4. The minimum Gasteiger partial charge on any atom is -0.458 e. The molecule has 0 saturated carbocycles. The second-order valence-electron chi connectivity index (χ2n) is 22.7. The molecule has 0 aliphatic carbocycles. The molecule has 0 amide bonds. The lowest BCUT2D eigenvalue weighted by atomic mass is 9.88. The van der Waals surface area contributed by atoms with Crippen LogP contribution in [0.4, 0.5) is 0 Å². The molecule has 0 atom stereocenters. The maximum atomic E-state index is 10.9. The summed E-state index contributed by atoms with van der Waals surface area (Å²) >= 11 is 0. The van der Waals surface area contributed by atoms with Crippen molar-refractivity contribution >= 4 is 90.5 Å². The minimum absolute atomic E-state index is 0.0104. The van der Waals surface area contributed by atoms with Crippen LogP contribution in [0.2, 0.25) is 0 Å². The van der Waals surface area contributed by atoms with Crippen molar-refractivity contribution in [3.8, 4) is 50.9 Å². The molecule has 0 unspecified atom stereocenters. The highest BCUT2D eigenvalue weighted by Crippen LogP contribution is 2.37. The third kappa shape index (κ3) is 10.3. The molecule has 7 heteroatoms. The first-order valence-corrected chi connectivity index (χ1v) is 33.5. The summed E-state index contributed by atoms with van der Waals surface area (Å²) in [5, 5.41) is -6.90. The number of hydrogen-bond donors (Lipinski definition) is 0. The Labute approximate surface area is 612 Å². The van der Waals surface area contributed by atoms with E-state index < -0.39 is 321 Å². The van der Waals surface area contributed by atoms with Crippen molar-refractivity contribution in [2.75, 3.05) is 0 Å². The SMILES string of the molecule is [2H]c1c([2H])c([2H])c(-c2cccc([Si](c3c([2H])c([2H])c([2H])c([2H])c3[2H])(c3c([2H])c([2H])c([2H])c([2H])c3[2H])c3c([2H])c([2H])c([2H])c([2H])c3[2H])c2-[n+]2[c-]n(-c3cccc(Oc4ccc5c6ccccc6n(-c6cc(C(C)(C)C)ccn6)c5c4)c3)c3cc(-c4c([2H])c([2H])c([2H])c([Si](c5c([2H])c([2H])c([2H])c([2H])c5[2H])(c5c([2H])c([2H])c([2H])c([2H])c5[2H])c5c([2H])c([2H])c([2H])c([2H])c5[2H])c4[2H])ccc32)c([2H])c1[2H]. The van der Waals surface area contributed by atoms with E-state index in [1.807, 2.05) is 47.0 Å². The molecule has 95 heavy (non-hydrogen) atoms. The van der Waals surface area contributed by atoms with Gasteiger partial charge in [-0.2, -0.15) is 0 Å². The van der Waals surface area contributed by atoms with Crippen molar-refractivity contribution in [3.05, 3.63) is 369 Å². The molecule has 3 heterocycles. The van der Waals surface area contributed by atoms with Gasteiger partial charge in [-0.3, -0.25) is 13.7 Å². The van der Waals surface area contributed by atoms with Crippen LogP contribution >= 0.6 is 0 Å². The first-order valence-electron chi connectivity index (χ1n) is 49.0. The number of imidazole rings is 1. The summed E-state index contributed by atoms with van der Waals surface area (Å²) in [5.74, 6) is 0.768. The number of hydrogen-bond acceptors (Lipinski definition) is 2. The molecule has 5 nitrogen and oxygen atoms in total. The van der Waals surface area contributed by atoms with Crippen LogP contribution in [-0.4, -0.2) is 30.3 Å². The third-order valence-electron chi connectivity index (χ3n) is 16.4. The van der Waals surface area contributed by atoms with Crippen LogP contribution in [0, 0.1) is 6.33 Å². The number of aromatic nitrogens is 4. The summed E-state index contributed by atoms with van der Waals surface area (Å²) in [7, 11) is -13.1. The average molecular weight is 1290 g/mol. The molecule has 0 spiro atoms. The van der Waals surface area contributed by atoms with Gasteiger partial charge < -0.3 is 4.74 Å². The Hall–Kier alpha value is -11.5. The Kier molecular flexibility index (Phi) is 7.76. The summed E-state index contributed by atoms with van der Waals surface area (Å²) in [6, 6.07) is -16.8. The van der Waals surface area contributed by atoms with Gasteiger partial charge >= 0.3 is 0 Å². The highest BCUT2D eigenvalue weighted by molar-refractivity contribution is 7.20. The fourth-order valence-electron chi connectivity index (χ4n) is 12.2.